The van der Waals surface area contributed by atoms with E-state index in [2.05, 4.69) is 53.7 Å². The van der Waals surface area contributed by atoms with Gasteiger partial charge in [-0.3, -0.25) is 0 Å². The molecule has 1 heterocycles. The van der Waals surface area contributed by atoms with Crippen LogP contribution in [0.2, 0.25) is 0 Å². The molecule has 1 rings (SSSR count). The van der Waals surface area contributed by atoms with Crippen LogP contribution >= 0.6 is 35.3 Å². The maximum Gasteiger partial charge on any atom is 0.191 e. The minimum Gasteiger partial charge on any atom is -0.381 e. The first-order valence-corrected chi connectivity index (χ1v) is 9.59. The van der Waals surface area contributed by atoms with Crippen LogP contribution in [0, 0.1) is 0 Å². The molecule has 0 aliphatic heterocycles. The Bertz CT molecular complexity index is 452. The van der Waals surface area contributed by atoms with E-state index in [9.17, 15) is 0 Å². The largest absolute Gasteiger partial charge is 0.381 e. The molecule has 0 saturated heterocycles. The van der Waals surface area contributed by atoms with Crippen molar-refractivity contribution in [3.63, 3.8) is 0 Å². The van der Waals surface area contributed by atoms with Crippen LogP contribution in [0.4, 0.5) is 0 Å². The van der Waals surface area contributed by atoms with Gasteiger partial charge < -0.3 is 15.4 Å². The maximum absolute atomic E-state index is 5.56. The van der Waals surface area contributed by atoms with Crippen LogP contribution in [0.5, 0.6) is 0 Å². The molecule has 1 aromatic heterocycles. The zero-order valence-electron chi connectivity index (χ0n) is 15.4. The van der Waals surface area contributed by atoms with Gasteiger partial charge in [0, 0.05) is 31.7 Å². The van der Waals surface area contributed by atoms with Gasteiger partial charge in [-0.05, 0) is 25.7 Å². The molecule has 0 atom stereocenters. The third-order valence-electron chi connectivity index (χ3n) is 3.28. The summed E-state index contributed by atoms with van der Waals surface area (Å²) in [6.45, 7) is 12.6. The van der Waals surface area contributed by atoms with Gasteiger partial charge in [0.1, 0.15) is 5.01 Å². The maximum atomic E-state index is 5.56. The Morgan fingerprint density at radius 2 is 2.00 bits per heavy atom. The predicted octanol–water partition coefficient (Wildman–Crippen LogP) is 4.15. The number of nitrogens with zero attached hydrogens (tertiary/aromatic N) is 2. The van der Waals surface area contributed by atoms with E-state index in [0.717, 1.165) is 55.8 Å². The second kappa shape index (κ2) is 14.9. The number of unbranched alkanes of at least 4 members (excludes halogenated alkanes) is 1. The third-order valence-corrected chi connectivity index (χ3v) is 4.13. The van der Waals surface area contributed by atoms with Gasteiger partial charge in [0.25, 0.3) is 0 Å². The van der Waals surface area contributed by atoms with E-state index in [4.69, 9.17) is 4.74 Å². The molecule has 2 N–H and O–H groups in total. The number of nitrogens with one attached hydrogen (secondary N) is 2. The third kappa shape index (κ3) is 10.5. The summed E-state index contributed by atoms with van der Waals surface area (Å²) in [6.07, 6.45) is 3.32. The summed E-state index contributed by atoms with van der Waals surface area (Å²) in [5.41, 5.74) is 1.15. The lowest BCUT2D eigenvalue weighted by Crippen LogP contribution is -2.38. The van der Waals surface area contributed by atoms with E-state index in [-0.39, 0.29) is 24.0 Å². The second-order valence-corrected chi connectivity index (χ2v) is 6.70. The van der Waals surface area contributed by atoms with Crippen molar-refractivity contribution in [1.29, 1.82) is 0 Å². The number of thiazole rings is 1. The molecule has 0 aliphatic rings. The first-order chi connectivity index (χ1) is 11.2. The Hall–Kier alpha value is -0.410. The lowest BCUT2D eigenvalue weighted by atomic mass is 10.2. The van der Waals surface area contributed by atoms with Crippen LogP contribution in [0.3, 0.4) is 0 Å². The fraction of sp³-hybridized carbons (Fsp3) is 0.765. The van der Waals surface area contributed by atoms with Gasteiger partial charge in [0.2, 0.25) is 0 Å². The summed E-state index contributed by atoms with van der Waals surface area (Å²) in [5, 5.41) is 9.81. The number of halogens is 1. The molecule has 0 bridgehead atoms. The molecule has 1 aromatic rings. The highest BCUT2D eigenvalue weighted by molar-refractivity contribution is 14.0. The molecule has 0 radical (unpaired) electrons. The lowest BCUT2D eigenvalue weighted by molar-refractivity contribution is 0.129. The number of aliphatic imine (C=N–C) groups is 1. The van der Waals surface area contributed by atoms with Crippen molar-refractivity contribution in [2.24, 2.45) is 4.99 Å². The molecule has 0 aliphatic carbocycles. The summed E-state index contributed by atoms with van der Waals surface area (Å²) in [4.78, 5) is 9.22. The Kier molecular flexibility index (Phi) is 14.6. The molecule has 0 unspecified atom stereocenters. The van der Waals surface area contributed by atoms with Crippen molar-refractivity contribution >= 4 is 41.3 Å². The van der Waals surface area contributed by atoms with Gasteiger partial charge in [-0.25, -0.2) is 9.98 Å². The van der Waals surface area contributed by atoms with Crippen LogP contribution in [-0.2, 0) is 11.3 Å². The van der Waals surface area contributed by atoms with E-state index < -0.39 is 0 Å². The molecule has 7 heteroatoms. The van der Waals surface area contributed by atoms with Crippen LogP contribution in [-0.4, -0.2) is 37.2 Å². The smallest absolute Gasteiger partial charge is 0.191 e. The number of hydrogen-bond donors (Lipinski definition) is 2. The topological polar surface area (TPSA) is 58.5 Å². The van der Waals surface area contributed by atoms with Crippen molar-refractivity contribution < 1.29 is 4.74 Å². The summed E-state index contributed by atoms with van der Waals surface area (Å²) in [7, 11) is 0. The molecule has 140 valence electrons. The van der Waals surface area contributed by atoms with Gasteiger partial charge in [-0.2, -0.15) is 0 Å². The van der Waals surface area contributed by atoms with Crippen LogP contribution in [0.25, 0.3) is 0 Å². The van der Waals surface area contributed by atoms with Crippen molar-refractivity contribution in [1.82, 2.24) is 15.6 Å². The monoisotopic (exact) mass is 468 g/mol. The highest BCUT2D eigenvalue weighted by Gasteiger charge is 2.05. The van der Waals surface area contributed by atoms with Gasteiger partial charge in [-0.15, -0.1) is 35.3 Å². The zero-order chi connectivity index (χ0) is 16.9. The average molecular weight is 468 g/mol. The van der Waals surface area contributed by atoms with Crippen molar-refractivity contribution in [3.8, 4) is 0 Å². The van der Waals surface area contributed by atoms with E-state index in [1.807, 2.05) is 0 Å². The molecular weight excluding hydrogens is 435 g/mol. The Balaban J connectivity index is 0.00000529. The summed E-state index contributed by atoms with van der Waals surface area (Å²) >= 11 is 1.68. The average Bonchev–Trinajstić information content (AvgIpc) is 3.01. The fourth-order valence-electron chi connectivity index (χ4n) is 1.88. The number of ether oxygens (including phenoxy) is 1. The van der Waals surface area contributed by atoms with Gasteiger partial charge in [0.15, 0.2) is 5.96 Å². The van der Waals surface area contributed by atoms with Gasteiger partial charge in [-0.1, -0.05) is 27.2 Å². The van der Waals surface area contributed by atoms with E-state index in [0.29, 0.717) is 12.5 Å². The minimum absolute atomic E-state index is 0. The lowest BCUT2D eigenvalue weighted by Gasteiger charge is -2.11. The molecular formula is C17H33IN4OS. The quantitative estimate of drug-likeness (QED) is 0.222. The van der Waals surface area contributed by atoms with E-state index >= 15 is 0 Å². The van der Waals surface area contributed by atoms with E-state index in [1.165, 1.54) is 6.42 Å². The van der Waals surface area contributed by atoms with E-state index in [1.54, 1.807) is 11.3 Å². The first kappa shape index (κ1) is 23.6. The fourth-order valence-corrected chi connectivity index (χ4v) is 2.76. The Morgan fingerprint density at radius 3 is 2.62 bits per heavy atom. The Labute approximate surface area is 168 Å². The summed E-state index contributed by atoms with van der Waals surface area (Å²) in [6, 6.07) is 0. The SMILES string of the molecule is CCCCOCCCNC(=NCc1nc(C(C)C)cs1)NCC.I. The number of aromatic nitrogens is 1. The highest BCUT2D eigenvalue weighted by atomic mass is 127. The first-order valence-electron chi connectivity index (χ1n) is 8.71. The molecule has 0 fully saturated rings. The van der Waals surface area contributed by atoms with Crippen molar-refractivity contribution in [3.05, 3.63) is 16.1 Å². The second-order valence-electron chi connectivity index (χ2n) is 5.76. The molecule has 0 spiro atoms. The summed E-state index contributed by atoms with van der Waals surface area (Å²) in [5.74, 6) is 1.32. The van der Waals surface area contributed by atoms with Gasteiger partial charge in [0.05, 0.1) is 12.2 Å². The number of guanidine groups is 1. The summed E-state index contributed by atoms with van der Waals surface area (Å²) < 4.78 is 5.56. The standard InChI is InChI=1S/C17H32N4OS.HI/c1-5-7-10-22-11-8-9-19-17(18-6-2)20-12-16-21-15(13-23-16)14(3)4;/h13-14H,5-12H2,1-4H3,(H2,18,19,20);1H. The minimum atomic E-state index is 0. The molecule has 5 nitrogen and oxygen atoms in total. The van der Waals surface area contributed by atoms with Crippen molar-refractivity contribution in [2.75, 3.05) is 26.3 Å². The highest BCUT2D eigenvalue weighted by Crippen LogP contribution is 2.18. The molecule has 0 amide bonds. The van der Waals surface area contributed by atoms with Crippen LogP contribution < -0.4 is 10.6 Å². The van der Waals surface area contributed by atoms with Crippen LogP contribution in [0.15, 0.2) is 10.4 Å². The normalized spacial score (nSPS) is 11.5. The molecule has 0 saturated carbocycles. The zero-order valence-corrected chi connectivity index (χ0v) is 18.6. The number of rotatable bonds is 11. The van der Waals surface area contributed by atoms with Gasteiger partial charge >= 0.3 is 0 Å². The van der Waals surface area contributed by atoms with Crippen molar-refractivity contribution in [2.45, 2.75) is 59.4 Å². The number of hydrogen-bond acceptors (Lipinski definition) is 4. The molecule has 24 heavy (non-hydrogen) atoms. The molecule has 0 aromatic carbocycles. The van der Waals surface area contributed by atoms with Crippen LogP contribution in [0.1, 0.15) is 63.6 Å². The predicted molar refractivity (Wildman–Crippen MR) is 115 cm³/mol. The Morgan fingerprint density at radius 1 is 1.25 bits per heavy atom.